The second-order valence-electron chi connectivity index (χ2n) is 6.56. The molecule has 0 unspecified atom stereocenters. The quantitative estimate of drug-likeness (QED) is 0.805. The van der Waals surface area contributed by atoms with E-state index >= 15 is 0 Å². The summed E-state index contributed by atoms with van der Waals surface area (Å²) in [6, 6.07) is 14.3. The molecule has 0 fully saturated rings. The van der Waals surface area contributed by atoms with E-state index in [1.165, 1.54) is 5.01 Å². The molecule has 8 heteroatoms. The van der Waals surface area contributed by atoms with Crippen molar-refractivity contribution in [1.29, 1.82) is 0 Å². The number of sulfonamides is 1. The van der Waals surface area contributed by atoms with Crippen LogP contribution in [0.4, 0.5) is 5.69 Å². The first-order valence-electron chi connectivity index (χ1n) is 8.93. The molecule has 0 saturated heterocycles. The lowest BCUT2D eigenvalue weighted by Crippen LogP contribution is -2.26. The molecule has 0 spiro atoms. The fourth-order valence-electron chi connectivity index (χ4n) is 3.24. The molecule has 3 rings (SSSR count). The van der Waals surface area contributed by atoms with Gasteiger partial charge in [0.25, 0.3) is 0 Å². The Kier molecular flexibility index (Phi) is 5.69. The van der Waals surface area contributed by atoms with Crippen LogP contribution in [0.15, 0.2) is 53.6 Å². The van der Waals surface area contributed by atoms with Gasteiger partial charge in [0.2, 0.25) is 15.9 Å². The summed E-state index contributed by atoms with van der Waals surface area (Å²) < 4.78 is 31.0. The summed E-state index contributed by atoms with van der Waals surface area (Å²) in [4.78, 5) is 12.5. The Morgan fingerprint density at radius 1 is 1.25 bits per heavy atom. The number of hydrogen-bond acceptors (Lipinski definition) is 5. The van der Waals surface area contributed by atoms with Crippen LogP contribution in [0.2, 0.25) is 0 Å². The zero-order valence-corrected chi connectivity index (χ0v) is 16.9. The Balaban J connectivity index is 1.97. The van der Waals surface area contributed by atoms with Crippen LogP contribution >= 0.6 is 0 Å². The molecule has 0 bridgehead atoms. The number of methoxy groups -OCH3 is 1. The highest BCUT2D eigenvalue weighted by atomic mass is 32.2. The predicted octanol–water partition coefficient (Wildman–Crippen LogP) is 3.15. The standard InChI is InChI=1S/C20H23N3O4S/c1-4-20(24)23-18(16-10-5-6-11-19(16)27-2)13-17(21-23)14-8-7-9-15(12-14)22-28(3,25)26/h5-12,18,22H,4,13H2,1-3H3/t18-/m1/s1. The minimum Gasteiger partial charge on any atom is -0.496 e. The maximum Gasteiger partial charge on any atom is 0.242 e. The molecule has 28 heavy (non-hydrogen) atoms. The average molecular weight is 401 g/mol. The van der Waals surface area contributed by atoms with Crippen LogP contribution in [-0.2, 0) is 14.8 Å². The van der Waals surface area contributed by atoms with Crippen LogP contribution in [0.25, 0.3) is 0 Å². The fraction of sp³-hybridized carbons (Fsp3) is 0.300. The predicted molar refractivity (Wildman–Crippen MR) is 109 cm³/mol. The molecule has 2 aromatic rings. The van der Waals surface area contributed by atoms with Gasteiger partial charge in [0.15, 0.2) is 0 Å². The molecule has 0 aliphatic carbocycles. The van der Waals surface area contributed by atoms with Crippen molar-refractivity contribution < 1.29 is 17.9 Å². The molecule has 1 aliphatic rings. The topological polar surface area (TPSA) is 88.1 Å². The summed E-state index contributed by atoms with van der Waals surface area (Å²) in [7, 11) is -1.78. The molecule has 1 aliphatic heterocycles. The van der Waals surface area contributed by atoms with Crippen molar-refractivity contribution in [2.75, 3.05) is 18.1 Å². The number of anilines is 1. The molecule has 7 nitrogen and oxygen atoms in total. The smallest absolute Gasteiger partial charge is 0.242 e. The monoisotopic (exact) mass is 401 g/mol. The zero-order chi connectivity index (χ0) is 20.3. The van der Waals surface area contributed by atoms with Gasteiger partial charge in [-0.2, -0.15) is 5.10 Å². The van der Waals surface area contributed by atoms with Crippen molar-refractivity contribution in [3.63, 3.8) is 0 Å². The number of hydrogen-bond donors (Lipinski definition) is 1. The van der Waals surface area contributed by atoms with Crippen molar-refractivity contribution >= 4 is 27.3 Å². The maximum atomic E-state index is 12.5. The van der Waals surface area contributed by atoms with E-state index in [4.69, 9.17) is 4.74 Å². The van der Waals surface area contributed by atoms with Gasteiger partial charge in [0.1, 0.15) is 5.75 Å². The average Bonchev–Trinajstić information content (AvgIpc) is 3.11. The second-order valence-corrected chi connectivity index (χ2v) is 8.30. The summed E-state index contributed by atoms with van der Waals surface area (Å²) >= 11 is 0. The Labute approximate surface area is 165 Å². The Morgan fingerprint density at radius 3 is 2.68 bits per heavy atom. The summed E-state index contributed by atoms with van der Waals surface area (Å²) in [5, 5.41) is 6.07. The number of benzene rings is 2. The zero-order valence-electron chi connectivity index (χ0n) is 16.0. The molecule has 148 valence electrons. The highest BCUT2D eigenvalue weighted by Crippen LogP contribution is 2.37. The minimum atomic E-state index is -3.38. The second kappa shape index (κ2) is 8.02. The lowest BCUT2D eigenvalue weighted by Gasteiger charge is -2.23. The van der Waals surface area contributed by atoms with Gasteiger partial charge in [0.05, 0.1) is 25.1 Å². The Bertz CT molecular complexity index is 1020. The third-order valence-electron chi connectivity index (χ3n) is 4.47. The maximum absolute atomic E-state index is 12.5. The highest BCUT2D eigenvalue weighted by Gasteiger charge is 2.34. The molecular formula is C20H23N3O4S. The number of rotatable bonds is 6. The Hall–Kier alpha value is -2.87. The molecule has 0 radical (unpaired) electrons. The first-order valence-corrected chi connectivity index (χ1v) is 10.8. The van der Waals surface area contributed by atoms with E-state index in [2.05, 4.69) is 9.82 Å². The molecule has 0 aromatic heterocycles. The van der Waals surface area contributed by atoms with E-state index in [1.54, 1.807) is 32.2 Å². The van der Waals surface area contributed by atoms with Gasteiger partial charge < -0.3 is 4.74 Å². The van der Waals surface area contributed by atoms with E-state index in [1.807, 2.05) is 30.3 Å². The number of nitrogens with zero attached hydrogens (tertiary/aromatic N) is 2. The van der Waals surface area contributed by atoms with Gasteiger partial charge in [-0.3, -0.25) is 9.52 Å². The van der Waals surface area contributed by atoms with Crippen LogP contribution < -0.4 is 9.46 Å². The van der Waals surface area contributed by atoms with E-state index in [9.17, 15) is 13.2 Å². The van der Waals surface area contributed by atoms with Crippen LogP contribution in [0, 0.1) is 0 Å². The molecule has 0 saturated carbocycles. The molecule has 2 aromatic carbocycles. The number of carbonyl (C=O) groups is 1. The first-order chi connectivity index (χ1) is 13.3. The van der Waals surface area contributed by atoms with Gasteiger partial charge in [-0.25, -0.2) is 13.4 Å². The summed E-state index contributed by atoms with van der Waals surface area (Å²) in [6.45, 7) is 1.80. The fourth-order valence-corrected chi connectivity index (χ4v) is 3.79. The summed E-state index contributed by atoms with van der Waals surface area (Å²) in [6.07, 6.45) is 1.94. The van der Waals surface area contributed by atoms with Crippen molar-refractivity contribution in [2.45, 2.75) is 25.8 Å². The van der Waals surface area contributed by atoms with Crippen molar-refractivity contribution in [1.82, 2.24) is 5.01 Å². The van der Waals surface area contributed by atoms with Gasteiger partial charge in [0, 0.05) is 24.1 Å². The van der Waals surface area contributed by atoms with Crippen molar-refractivity contribution in [2.24, 2.45) is 5.10 Å². The van der Waals surface area contributed by atoms with Gasteiger partial charge in [-0.1, -0.05) is 37.3 Å². The summed E-state index contributed by atoms with van der Waals surface area (Å²) in [5.41, 5.74) is 2.82. The van der Waals surface area contributed by atoms with Gasteiger partial charge in [-0.15, -0.1) is 0 Å². The van der Waals surface area contributed by atoms with Gasteiger partial charge >= 0.3 is 0 Å². The third-order valence-corrected chi connectivity index (χ3v) is 5.07. The number of para-hydroxylation sites is 1. The number of nitrogens with one attached hydrogen (secondary N) is 1. The van der Waals surface area contributed by atoms with Crippen LogP contribution in [0.3, 0.4) is 0 Å². The molecule has 1 atom stereocenters. The molecule has 1 N–H and O–H groups in total. The molecule has 1 heterocycles. The number of amides is 1. The normalized spacial score (nSPS) is 16.6. The number of carbonyl (C=O) groups excluding carboxylic acids is 1. The van der Waals surface area contributed by atoms with E-state index < -0.39 is 10.0 Å². The van der Waals surface area contributed by atoms with E-state index in [0.29, 0.717) is 24.3 Å². The van der Waals surface area contributed by atoms with Crippen molar-refractivity contribution in [3.05, 3.63) is 59.7 Å². The lowest BCUT2D eigenvalue weighted by molar-refractivity contribution is -0.132. The van der Waals surface area contributed by atoms with Crippen molar-refractivity contribution in [3.8, 4) is 5.75 Å². The lowest BCUT2D eigenvalue weighted by atomic mass is 9.97. The summed E-state index contributed by atoms with van der Waals surface area (Å²) in [5.74, 6) is 0.613. The largest absolute Gasteiger partial charge is 0.496 e. The van der Waals surface area contributed by atoms with Crippen LogP contribution in [0.1, 0.15) is 36.9 Å². The van der Waals surface area contributed by atoms with Crippen LogP contribution in [-0.4, -0.2) is 38.4 Å². The molecule has 1 amide bonds. The molecular weight excluding hydrogens is 378 g/mol. The van der Waals surface area contributed by atoms with E-state index in [0.717, 1.165) is 23.1 Å². The first kappa shape index (κ1) is 19.9. The number of ether oxygens (including phenoxy) is 1. The number of hydrazone groups is 1. The van der Waals surface area contributed by atoms with Crippen LogP contribution in [0.5, 0.6) is 5.75 Å². The minimum absolute atomic E-state index is 0.0867. The SMILES string of the molecule is CCC(=O)N1N=C(c2cccc(NS(C)(=O)=O)c2)C[C@@H]1c1ccccc1OC. The highest BCUT2D eigenvalue weighted by molar-refractivity contribution is 7.92. The van der Waals surface area contributed by atoms with E-state index in [-0.39, 0.29) is 11.9 Å². The van der Waals surface area contributed by atoms with Gasteiger partial charge in [-0.05, 0) is 23.8 Å². The Morgan fingerprint density at radius 2 is 2.00 bits per heavy atom. The third kappa shape index (κ3) is 4.33.